The lowest BCUT2D eigenvalue weighted by Crippen LogP contribution is -2.29. The monoisotopic (exact) mass is 143 g/mol. The number of amidine groups is 1. The molecule has 0 unspecified atom stereocenters. The van der Waals surface area contributed by atoms with Gasteiger partial charge >= 0.3 is 0 Å². The van der Waals surface area contributed by atoms with Crippen LogP contribution in [-0.2, 0) is 0 Å². The topological polar surface area (TPSA) is 50.4 Å². The average Bonchev–Trinajstić information content (AvgIpc) is 1.99. The normalized spacial score (nSPS) is 11.7. The SMILES string of the molecule is CCCCCC(=NC)NN. The molecule has 0 aliphatic carbocycles. The van der Waals surface area contributed by atoms with Crippen molar-refractivity contribution in [1.29, 1.82) is 0 Å². The Bertz CT molecular complexity index is 99.0. The molecule has 0 aromatic carbocycles. The fraction of sp³-hybridized carbons (Fsp3) is 0.857. The van der Waals surface area contributed by atoms with Gasteiger partial charge in [0, 0.05) is 13.5 Å². The van der Waals surface area contributed by atoms with Crippen molar-refractivity contribution in [3.05, 3.63) is 0 Å². The number of nitrogens with two attached hydrogens (primary N) is 1. The van der Waals surface area contributed by atoms with Crippen LogP contribution in [0.1, 0.15) is 32.6 Å². The highest BCUT2D eigenvalue weighted by Gasteiger charge is 1.92. The lowest BCUT2D eigenvalue weighted by atomic mass is 10.2. The highest BCUT2D eigenvalue weighted by molar-refractivity contribution is 5.81. The minimum Gasteiger partial charge on any atom is -0.312 e. The fourth-order valence-electron chi connectivity index (χ4n) is 0.791. The smallest absolute Gasteiger partial charge is 0.110 e. The van der Waals surface area contributed by atoms with Crippen LogP contribution in [0.5, 0.6) is 0 Å². The van der Waals surface area contributed by atoms with Crippen molar-refractivity contribution in [2.45, 2.75) is 32.6 Å². The second-order valence-electron chi connectivity index (χ2n) is 2.27. The summed E-state index contributed by atoms with van der Waals surface area (Å²) in [7, 11) is 1.75. The van der Waals surface area contributed by atoms with Gasteiger partial charge in [-0.25, -0.2) is 5.84 Å². The van der Waals surface area contributed by atoms with Gasteiger partial charge in [-0.3, -0.25) is 4.99 Å². The summed E-state index contributed by atoms with van der Waals surface area (Å²) in [6, 6.07) is 0. The van der Waals surface area contributed by atoms with Crippen molar-refractivity contribution in [3.8, 4) is 0 Å². The molecule has 0 heterocycles. The standard InChI is InChI=1S/C7H17N3/c1-3-4-5-6-7(9-2)10-8/h3-6,8H2,1-2H3,(H,9,10). The van der Waals surface area contributed by atoms with Crippen molar-refractivity contribution in [2.75, 3.05) is 7.05 Å². The molecule has 10 heavy (non-hydrogen) atoms. The maximum absolute atomic E-state index is 5.18. The van der Waals surface area contributed by atoms with Gasteiger partial charge in [0.05, 0.1) is 0 Å². The second kappa shape index (κ2) is 6.55. The number of hydrogen-bond donors (Lipinski definition) is 2. The lowest BCUT2D eigenvalue weighted by Gasteiger charge is -2.02. The van der Waals surface area contributed by atoms with E-state index in [1.54, 1.807) is 7.05 Å². The van der Waals surface area contributed by atoms with Crippen molar-refractivity contribution < 1.29 is 0 Å². The van der Waals surface area contributed by atoms with Gasteiger partial charge in [0.1, 0.15) is 5.84 Å². The Hall–Kier alpha value is -0.570. The van der Waals surface area contributed by atoms with E-state index >= 15 is 0 Å². The number of nitrogens with zero attached hydrogens (tertiary/aromatic N) is 1. The second-order valence-corrected chi connectivity index (χ2v) is 2.27. The molecule has 0 rings (SSSR count). The molecule has 0 aromatic rings. The van der Waals surface area contributed by atoms with Gasteiger partial charge in [-0.05, 0) is 6.42 Å². The third-order valence-electron chi connectivity index (χ3n) is 1.45. The van der Waals surface area contributed by atoms with Crippen molar-refractivity contribution in [2.24, 2.45) is 10.8 Å². The van der Waals surface area contributed by atoms with Gasteiger partial charge in [-0.1, -0.05) is 19.8 Å². The molecule has 0 atom stereocenters. The van der Waals surface area contributed by atoms with Crippen LogP contribution in [0.2, 0.25) is 0 Å². The molecule has 0 saturated heterocycles. The fourth-order valence-corrected chi connectivity index (χ4v) is 0.791. The van der Waals surface area contributed by atoms with E-state index in [1.165, 1.54) is 19.3 Å². The van der Waals surface area contributed by atoms with Crippen molar-refractivity contribution >= 4 is 5.84 Å². The van der Waals surface area contributed by atoms with Crippen LogP contribution >= 0.6 is 0 Å². The molecule has 3 N–H and O–H groups in total. The Morgan fingerprint density at radius 2 is 2.20 bits per heavy atom. The summed E-state index contributed by atoms with van der Waals surface area (Å²) in [6.45, 7) is 2.18. The summed E-state index contributed by atoms with van der Waals surface area (Å²) >= 11 is 0. The molecule has 0 saturated carbocycles. The molecule has 3 heteroatoms. The zero-order valence-corrected chi connectivity index (χ0v) is 6.85. The predicted molar refractivity (Wildman–Crippen MR) is 44.8 cm³/mol. The lowest BCUT2D eigenvalue weighted by molar-refractivity contribution is 0.730. The number of rotatable bonds is 4. The Morgan fingerprint density at radius 3 is 2.60 bits per heavy atom. The van der Waals surface area contributed by atoms with Crippen LogP contribution in [0.3, 0.4) is 0 Å². The first-order valence-corrected chi connectivity index (χ1v) is 3.77. The molecule has 60 valence electrons. The molecule has 3 nitrogen and oxygen atoms in total. The maximum Gasteiger partial charge on any atom is 0.110 e. The summed E-state index contributed by atoms with van der Waals surface area (Å²) in [5.41, 5.74) is 2.56. The third-order valence-corrected chi connectivity index (χ3v) is 1.45. The van der Waals surface area contributed by atoms with Crippen molar-refractivity contribution in [1.82, 2.24) is 5.43 Å². The van der Waals surface area contributed by atoms with E-state index in [2.05, 4.69) is 17.3 Å². The number of hydrazine groups is 1. The van der Waals surface area contributed by atoms with E-state index in [-0.39, 0.29) is 0 Å². The first kappa shape index (κ1) is 9.43. The first-order valence-electron chi connectivity index (χ1n) is 3.77. The molecule has 0 fully saturated rings. The van der Waals surface area contributed by atoms with Gasteiger partial charge in [-0.2, -0.15) is 0 Å². The minimum atomic E-state index is 0.897. The first-order chi connectivity index (χ1) is 4.85. The summed E-state index contributed by atoms with van der Waals surface area (Å²) in [4.78, 5) is 3.96. The van der Waals surface area contributed by atoms with Crippen LogP contribution in [0.4, 0.5) is 0 Å². The number of unbranched alkanes of at least 4 members (excludes halogenated alkanes) is 2. The Morgan fingerprint density at radius 1 is 1.50 bits per heavy atom. The van der Waals surface area contributed by atoms with Gasteiger partial charge in [0.2, 0.25) is 0 Å². The summed E-state index contributed by atoms with van der Waals surface area (Å²) in [5.74, 6) is 6.08. The highest BCUT2D eigenvalue weighted by Crippen LogP contribution is 1.98. The Labute approximate surface area is 62.7 Å². The predicted octanol–water partition coefficient (Wildman–Crippen LogP) is 1.06. The molecular weight excluding hydrogens is 126 g/mol. The number of hydrogen-bond acceptors (Lipinski definition) is 2. The quantitative estimate of drug-likeness (QED) is 0.203. The molecule has 0 radical (unpaired) electrons. The summed E-state index contributed by atoms with van der Waals surface area (Å²) < 4.78 is 0. The third kappa shape index (κ3) is 4.32. The van der Waals surface area contributed by atoms with Gasteiger partial charge in [0.25, 0.3) is 0 Å². The Balaban J connectivity index is 3.27. The van der Waals surface area contributed by atoms with Crippen LogP contribution in [0.25, 0.3) is 0 Å². The summed E-state index contributed by atoms with van der Waals surface area (Å²) in [5, 5.41) is 0. The van der Waals surface area contributed by atoms with Crippen LogP contribution in [-0.4, -0.2) is 12.9 Å². The Kier molecular flexibility index (Phi) is 6.18. The zero-order valence-electron chi connectivity index (χ0n) is 6.85. The van der Waals surface area contributed by atoms with Crippen molar-refractivity contribution in [3.63, 3.8) is 0 Å². The molecule has 0 aromatic heterocycles. The van der Waals surface area contributed by atoms with E-state index in [9.17, 15) is 0 Å². The molecular formula is C7H17N3. The van der Waals surface area contributed by atoms with E-state index < -0.39 is 0 Å². The molecule has 0 aliphatic heterocycles. The van der Waals surface area contributed by atoms with Gasteiger partial charge in [0.15, 0.2) is 0 Å². The maximum atomic E-state index is 5.18. The van der Waals surface area contributed by atoms with E-state index in [1.807, 2.05) is 0 Å². The molecule has 0 amide bonds. The molecule has 0 bridgehead atoms. The highest BCUT2D eigenvalue weighted by atomic mass is 15.2. The molecule has 0 aliphatic rings. The van der Waals surface area contributed by atoms with Gasteiger partial charge in [-0.15, -0.1) is 0 Å². The van der Waals surface area contributed by atoms with E-state index in [4.69, 9.17) is 5.84 Å². The summed E-state index contributed by atoms with van der Waals surface area (Å²) in [6.07, 6.45) is 4.64. The van der Waals surface area contributed by atoms with E-state index in [0.717, 1.165) is 12.3 Å². The largest absolute Gasteiger partial charge is 0.312 e. The number of nitrogens with one attached hydrogen (secondary N) is 1. The van der Waals surface area contributed by atoms with Crippen LogP contribution in [0.15, 0.2) is 4.99 Å². The van der Waals surface area contributed by atoms with Crippen LogP contribution in [0, 0.1) is 0 Å². The minimum absolute atomic E-state index is 0.897. The zero-order chi connectivity index (χ0) is 7.82. The van der Waals surface area contributed by atoms with Crippen LogP contribution < -0.4 is 11.3 Å². The molecule has 0 spiro atoms. The number of aliphatic imine (C=N–C) groups is 1. The van der Waals surface area contributed by atoms with Gasteiger partial charge < -0.3 is 5.43 Å². The van der Waals surface area contributed by atoms with E-state index in [0.29, 0.717) is 0 Å². The average molecular weight is 143 g/mol.